The van der Waals surface area contributed by atoms with Crippen LogP contribution in [0.2, 0.25) is 0 Å². The van der Waals surface area contributed by atoms with Crippen molar-refractivity contribution in [2.75, 3.05) is 0 Å². The van der Waals surface area contributed by atoms with Gasteiger partial charge in [-0.2, -0.15) is 0 Å². The highest BCUT2D eigenvalue weighted by atomic mass is 32.1. The van der Waals surface area contributed by atoms with Crippen LogP contribution in [-0.2, 0) is 0 Å². The molecule has 1 atom stereocenters. The molecule has 1 rings (SSSR count). The monoisotopic (exact) mass is 180 g/mol. The fraction of sp³-hybridized carbons (Fsp3) is 0.300. The van der Waals surface area contributed by atoms with Crippen LogP contribution in [-0.4, -0.2) is 5.11 Å². The first-order valence-electron chi connectivity index (χ1n) is 3.89. The predicted octanol–water partition coefficient (Wildman–Crippen LogP) is 2.90. The number of hydrogen-bond acceptors (Lipinski definition) is 2. The molecule has 1 aromatic heterocycles. The highest BCUT2D eigenvalue weighted by Crippen LogP contribution is 2.26. The normalized spacial score (nSPS) is 12.2. The van der Waals surface area contributed by atoms with Gasteiger partial charge in [0.2, 0.25) is 0 Å². The summed E-state index contributed by atoms with van der Waals surface area (Å²) in [6.45, 7) is 5.54. The average molecular weight is 180 g/mol. The number of rotatable bonds is 3. The molecule has 0 fully saturated rings. The van der Waals surface area contributed by atoms with Gasteiger partial charge in [-0.15, -0.1) is 17.1 Å². The molecular formula is C10H12OS. The minimum atomic E-state index is -0.507. The lowest BCUT2D eigenvalue weighted by Gasteiger charge is -2.08. The van der Waals surface area contributed by atoms with E-state index in [4.69, 9.17) is 0 Å². The van der Waals surface area contributed by atoms with Crippen molar-refractivity contribution in [1.29, 1.82) is 0 Å². The van der Waals surface area contributed by atoms with Crippen molar-refractivity contribution in [1.82, 2.24) is 0 Å². The van der Waals surface area contributed by atoms with E-state index in [-0.39, 0.29) is 0 Å². The molecule has 0 spiro atoms. The van der Waals surface area contributed by atoms with Crippen molar-refractivity contribution in [2.24, 2.45) is 0 Å². The third-order valence-corrected chi connectivity index (χ3v) is 2.68. The van der Waals surface area contributed by atoms with Gasteiger partial charge in [-0.3, -0.25) is 0 Å². The van der Waals surface area contributed by atoms with Crippen LogP contribution in [0.3, 0.4) is 0 Å². The fourth-order valence-electron chi connectivity index (χ4n) is 1.03. The third kappa shape index (κ3) is 1.86. The molecule has 1 N–H and O–H groups in total. The van der Waals surface area contributed by atoms with Crippen LogP contribution in [0.1, 0.15) is 24.3 Å². The Morgan fingerprint density at radius 1 is 1.83 bits per heavy atom. The minimum Gasteiger partial charge on any atom is -0.383 e. The second-order valence-electron chi connectivity index (χ2n) is 2.47. The largest absolute Gasteiger partial charge is 0.383 e. The summed E-state index contributed by atoms with van der Waals surface area (Å²) < 4.78 is 0. The number of thiophene rings is 1. The smallest absolute Gasteiger partial charge is 0.117 e. The summed E-state index contributed by atoms with van der Waals surface area (Å²) >= 11 is 1.55. The van der Waals surface area contributed by atoms with E-state index in [1.54, 1.807) is 11.3 Å². The van der Waals surface area contributed by atoms with E-state index in [1.807, 2.05) is 24.4 Å². The van der Waals surface area contributed by atoms with E-state index in [0.29, 0.717) is 0 Å². The first-order chi connectivity index (χ1) is 5.79. The Labute approximate surface area is 76.7 Å². The quantitative estimate of drug-likeness (QED) is 0.709. The maximum absolute atomic E-state index is 9.74. The van der Waals surface area contributed by atoms with Gasteiger partial charge in [0, 0.05) is 10.5 Å². The molecule has 2 heteroatoms. The summed E-state index contributed by atoms with van der Waals surface area (Å²) in [6, 6.07) is 3.85. The maximum atomic E-state index is 9.74. The van der Waals surface area contributed by atoms with Crippen molar-refractivity contribution >= 4 is 11.3 Å². The highest BCUT2D eigenvalue weighted by Gasteiger charge is 2.11. The average Bonchev–Trinajstić information content (AvgIpc) is 2.58. The van der Waals surface area contributed by atoms with Crippen molar-refractivity contribution in [3.05, 3.63) is 40.3 Å². The zero-order valence-corrected chi connectivity index (χ0v) is 7.90. The van der Waals surface area contributed by atoms with E-state index < -0.39 is 6.10 Å². The molecule has 1 heterocycles. The van der Waals surface area contributed by atoms with Gasteiger partial charge in [0.15, 0.2) is 0 Å². The van der Waals surface area contributed by atoms with Gasteiger partial charge in [-0.1, -0.05) is 19.6 Å². The van der Waals surface area contributed by atoms with Crippen molar-refractivity contribution in [3.63, 3.8) is 0 Å². The Morgan fingerprint density at radius 3 is 3.00 bits per heavy atom. The van der Waals surface area contributed by atoms with Crippen LogP contribution < -0.4 is 0 Å². The van der Waals surface area contributed by atoms with Crippen LogP contribution in [0.4, 0.5) is 0 Å². The molecular weight excluding hydrogens is 168 g/mol. The molecule has 0 saturated heterocycles. The Balaban J connectivity index is 2.84. The summed E-state index contributed by atoms with van der Waals surface area (Å²) in [5.41, 5.74) is 3.62. The number of aliphatic hydroxyl groups is 1. The Kier molecular flexibility index (Phi) is 3.30. The van der Waals surface area contributed by atoms with E-state index >= 15 is 0 Å². The van der Waals surface area contributed by atoms with Gasteiger partial charge in [0.25, 0.3) is 0 Å². The molecule has 0 bridgehead atoms. The van der Waals surface area contributed by atoms with Crippen LogP contribution in [0, 0.1) is 0 Å². The summed E-state index contributed by atoms with van der Waals surface area (Å²) in [7, 11) is 0. The maximum Gasteiger partial charge on any atom is 0.117 e. The van der Waals surface area contributed by atoms with Crippen LogP contribution in [0.5, 0.6) is 0 Å². The van der Waals surface area contributed by atoms with Crippen molar-refractivity contribution in [3.8, 4) is 0 Å². The van der Waals surface area contributed by atoms with Crippen LogP contribution >= 0.6 is 11.3 Å². The molecule has 1 unspecified atom stereocenters. The lowest BCUT2D eigenvalue weighted by molar-refractivity contribution is 0.216. The zero-order chi connectivity index (χ0) is 8.97. The SMILES string of the molecule is C=C=C(CC)C(O)c1cccs1. The topological polar surface area (TPSA) is 20.2 Å². The third-order valence-electron chi connectivity index (χ3n) is 1.75. The molecule has 0 aromatic carbocycles. The fourth-order valence-corrected chi connectivity index (χ4v) is 1.78. The molecule has 0 aliphatic heterocycles. The molecule has 0 saturated carbocycles. The van der Waals surface area contributed by atoms with Crippen molar-refractivity contribution in [2.45, 2.75) is 19.4 Å². The van der Waals surface area contributed by atoms with Crippen LogP contribution in [0.25, 0.3) is 0 Å². The lowest BCUT2D eigenvalue weighted by Crippen LogP contribution is -1.96. The molecule has 0 radical (unpaired) electrons. The lowest BCUT2D eigenvalue weighted by atomic mass is 10.1. The zero-order valence-electron chi connectivity index (χ0n) is 7.08. The Morgan fingerprint density at radius 2 is 2.58 bits per heavy atom. The van der Waals surface area contributed by atoms with Gasteiger partial charge in [0.1, 0.15) is 6.10 Å². The summed E-state index contributed by atoms with van der Waals surface area (Å²) in [6.07, 6.45) is 0.287. The minimum absolute atomic E-state index is 0.507. The summed E-state index contributed by atoms with van der Waals surface area (Å²) in [5, 5.41) is 11.7. The molecule has 0 amide bonds. The standard InChI is InChI=1S/C10H12OS/c1-3-8(4-2)10(11)9-6-5-7-12-9/h5-7,10-11H,1,4H2,2H3. The first kappa shape index (κ1) is 9.27. The Hall–Kier alpha value is -0.820. The van der Waals surface area contributed by atoms with E-state index in [0.717, 1.165) is 16.9 Å². The molecule has 1 aromatic rings. The summed E-state index contributed by atoms with van der Waals surface area (Å²) in [5.74, 6) is 0. The van der Waals surface area contributed by atoms with Gasteiger partial charge in [-0.25, -0.2) is 0 Å². The predicted molar refractivity (Wildman–Crippen MR) is 52.2 cm³/mol. The first-order valence-corrected chi connectivity index (χ1v) is 4.77. The highest BCUT2D eigenvalue weighted by molar-refractivity contribution is 7.10. The molecule has 12 heavy (non-hydrogen) atoms. The molecule has 64 valence electrons. The van der Waals surface area contributed by atoms with E-state index in [9.17, 15) is 5.11 Å². The second kappa shape index (κ2) is 4.27. The molecule has 0 aliphatic carbocycles. The second-order valence-corrected chi connectivity index (χ2v) is 3.45. The van der Waals surface area contributed by atoms with Gasteiger partial charge in [-0.05, 0) is 17.9 Å². The van der Waals surface area contributed by atoms with Gasteiger partial charge >= 0.3 is 0 Å². The molecule has 0 aliphatic rings. The van der Waals surface area contributed by atoms with E-state index in [2.05, 4.69) is 12.3 Å². The summed E-state index contributed by atoms with van der Waals surface area (Å²) in [4.78, 5) is 0.961. The van der Waals surface area contributed by atoms with Gasteiger partial charge in [0.05, 0.1) is 0 Å². The number of aliphatic hydroxyl groups excluding tert-OH is 1. The molecule has 1 nitrogen and oxygen atoms in total. The van der Waals surface area contributed by atoms with Crippen molar-refractivity contribution < 1.29 is 5.11 Å². The Bertz CT molecular complexity index is 281. The van der Waals surface area contributed by atoms with E-state index in [1.165, 1.54) is 0 Å². The van der Waals surface area contributed by atoms with Crippen LogP contribution in [0.15, 0.2) is 35.4 Å². The number of hydrogen-bond donors (Lipinski definition) is 1. The van der Waals surface area contributed by atoms with Gasteiger partial charge < -0.3 is 5.11 Å².